The monoisotopic (exact) mass is 312 g/mol. The zero-order chi connectivity index (χ0) is 16.5. The molecule has 1 N–H and O–H groups in total. The Bertz CT molecular complexity index is 675. The molecule has 0 aliphatic heterocycles. The van der Waals surface area contributed by atoms with Crippen LogP contribution in [0.1, 0.15) is 31.1 Å². The highest BCUT2D eigenvalue weighted by Gasteiger charge is 2.47. The summed E-state index contributed by atoms with van der Waals surface area (Å²) in [5.41, 5.74) is -0.800. The summed E-state index contributed by atoms with van der Waals surface area (Å²) < 4.78 is 39.5. The minimum Gasteiger partial charge on any atom is -0.340 e. The largest absolute Gasteiger partial charge is 0.409 e. The van der Waals surface area contributed by atoms with E-state index in [4.69, 9.17) is 0 Å². The van der Waals surface area contributed by atoms with Crippen molar-refractivity contribution in [2.24, 2.45) is 5.41 Å². The van der Waals surface area contributed by atoms with Gasteiger partial charge in [-0.2, -0.15) is 13.2 Å². The van der Waals surface area contributed by atoms with Crippen LogP contribution in [0.25, 0.3) is 11.2 Å². The van der Waals surface area contributed by atoms with Crippen LogP contribution in [0, 0.1) is 5.41 Å². The number of aromatic nitrogens is 3. The van der Waals surface area contributed by atoms with E-state index in [0.29, 0.717) is 0 Å². The van der Waals surface area contributed by atoms with Crippen LogP contribution in [0.4, 0.5) is 13.2 Å². The van der Waals surface area contributed by atoms with E-state index in [2.05, 4.69) is 15.0 Å². The molecule has 0 fully saturated rings. The van der Waals surface area contributed by atoms with Gasteiger partial charge in [-0.05, 0) is 11.5 Å². The van der Waals surface area contributed by atoms with Gasteiger partial charge in [0.25, 0.3) is 5.91 Å². The Morgan fingerprint density at radius 3 is 2.27 bits per heavy atom. The van der Waals surface area contributed by atoms with Gasteiger partial charge in [-0.1, -0.05) is 20.8 Å². The highest BCUT2D eigenvalue weighted by atomic mass is 19.4. The van der Waals surface area contributed by atoms with Gasteiger partial charge in [0.15, 0.2) is 5.65 Å². The summed E-state index contributed by atoms with van der Waals surface area (Å²) in [6.45, 7) is 4.24. The predicted octanol–water partition coefficient (Wildman–Crippen LogP) is 2.73. The van der Waals surface area contributed by atoms with Gasteiger partial charge < -0.3 is 5.32 Å². The molecule has 0 spiro atoms. The van der Waals surface area contributed by atoms with Crippen LogP contribution < -0.4 is 5.32 Å². The smallest absolute Gasteiger partial charge is 0.340 e. The van der Waals surface area contributed by atoms with Crippen LogP contribution >= 0.6 is 0 Å². The maximum Gasteiger partial charge on any atom is 0.409 e. The Morgan fingerprint density at radius 1 is 1.09 bits per heavy atom. The van der Waals surface area contributed by atoms with Crippen molar-refractivity contribution in [2.45, 2.75) is 33.0 Å². The van der Waals surface area contributed by atoms with Crippen LogP contribution in [0.2, 0.25) is 0 Å². The molecular weight excluding hydrogens is 297 g/mol. The number of carbonyl (C=O) groups excluding carboxylic acids is 1. The molecule has 0 bridgehead atoms. The van der Waals surface area contributed by atoms with Gasteiger partial charge in [0, 0.05) is 18.6 Å². The van der Waals surface area contributed by atoms with Crippen LogP contribution in [0.5, 0.6) is 0 Å². The first-order valence-electron chi connectivity index (χ1n) is 6.54. The predicted molar refractivity (Wildman–Crippen MR) is 74.1 cm³/mol. The van der Waals surface area contributed by atoms with E-state index < -0.39 is 23.5 Å². The lowest BCUT2D eigenvalue weighted by atomic mass is 9.86. The normalized spacial score (nSPS) is 13.9. The molecule has 1 unspecified atom stereocenters. The van der Waals surface area contributed by atoms with Gasteiger partial charge in [-0.3, -0.25) is 9.78 Å². The minimum atomic E-state index is -4.55. The molecule has 0 radical (unpaired) electrons. The topological polar surface area (TPSA) is 67.8 Å². The lowest BCUT2D eigenvalue weighted by Gasteiger charge is -2.33. The second kappa shape index (κ2) is 5.51. The second-order valence-corrected chi connectivity index (χ2v) is 5.90. The SMILES string of the molecule is CC(C)(C)C(NC(=O)c1ccnc2nccnc12)C(F)(F)F. The molecular formula is C14H15F3N4O. The lowest BCUT2D eigenvalue weighted by Crippen LogP contribution is -2.53. The molecule has 22 heavy (non-hydrogen) atoms. The summed E-state index contributed by atoms with van der Waals surface area (Å²) in [6.07, 6.45) is -0.496. The minimum absolute atomic E-state index is 0.0107. The van der Waals surface area contributed by atoms with Gasteiger partial charge in [-0.25, -0.2) is 9.97 Å². The third kappa shape index (κ3) is 3.32. The standard InChI is InChI=1S/C14H15F3N4O/c1-13(2,3)12(14(15,16)17)21-11(22)8-4-5-19-10-9(8)18-6-7-20-10/h4-7,12H,1-3H3,(H,21,22). The molecule has 0 aliphatic carbocycles. The number of carbonyl (C=O) groups is 1. The van der Waals surface area contributed by atoms with Crippen molar-refractivity contribution in [3.05, 3.63) is 30.2 Å². The molecule has 2 rings (SSSR count). The van der Waals surface area contributed by atoms with Crippen LogP contribution in [0.3, 0.4) is 0 Å². The second-order valence-electron chi connectivity index (χ2n) is 5.90. The quantitative estimate of drug-likeness (QED) is 0.926. The third-order valence-electron chi connectivity index (χ3n) is 3.09. The molecule has 2 heterocycles. The number of hydrogen-bond donors (Lipinski definition) is 1. The molecule has 0 saturated heterocycles. The summed E-state index contributed by atoms with van der Waals surface area (Å²) in [5, 5.41) is 2.05. The fourth-order valence-electron chi connectivity index (χ4n) is 2.06. The first-order valence-corrected chi connectivity index (χ1v) is 6.54. The first kappa shape index (κ1) is 16.1. The Labute approximate surface area is 125 Å². The number of rotatable bonds is 2. The van der Waals surface area contributed by atoms with Crippen molar-refractivity contribution in [1.29, 1.82) is 0 Å². The van der Waals surface area contributed by atoms with Crippen molar-refractivity contribution < 1.29 is 18.0 Å². The summed E-state index contributed by atoms with van der Waals surface area (Å²) in [5.74, 6) is -0.856. The average Bonchev–Trinajstić information content (AvgIpc) is 2.41. The Balaban J connectivity index is 2.38. The van der Waals surface area contributed by atoms with Crippen molar-refractivity contribution in [3.8, 4) is 0 Å². The van der Waals surface area contributed by atoms with Crippen molar-refractivity contribution in [1.82, 2.24) is 20.3 Å². The van der Waals surface area contributed by atoms with Crippen LogP contribution in [-0.2, 0) is 0 Å². The molecule has 1 amide bonds. The van der Waals surface area contributed by atoms with E-state index in [1.54, 1.807) is 0 Å². The summed E-state index contributed by atoms with van der Waals surface area (Å²) in [7, 11) is 0. The lowest BCUT2D eigenvalue weighted by molar-refractivity contribution is -0.174. The van der Waals surface area contributed by atoms with E-state index in [9.17, 15) is 18.0 Å². The van der Waals surface area contributed by atoms with Gasteiger partial charge >= 0.3 is 6.18 Å². The van der Waals surface area contributed by atoms with Crippen LogP contribution in [0.15, 0.2) is 24.7 Å². The van der Waals surface area contributed by atoms with Crippen molar-refractivity contribution in [2.75, 3.05) is 0 Å². The van der Waals surface area contributed by atoms with E-state index in [0.717, 1.165) is 0 Å². The summed E-state index contributed by atoms with van der Waals surface area (Å²) >= 11 is 0. The fraction of sp³-hybridized carbons (Fsp3) is 0.429. The summed E-state index contributed by atoms with van der Waals surface area (Å²) in [4.78, 5) is 24.1. The number of hydrogen-bond acceptors (Lipinski definition) is 4. The molecule has 118 valence electrons. The third-order valence-corrected chi connectivity index (χ3v) is 3.09. The van der Waals surface area contributed by atoms with Crippen molar-refractivity contribution in [3.63, 3.8) is 0 Å². The molecule has 0 aliphatic rings. The molecule has 8 heteroatoms. The highest BCUT2D eigenvalue weighted by Crippen LogP contribution is 2.33. The number of fused-ring (bicyclic) bond motifs is 1. The maximum atomic E-state index is 13.2. The van der Waals surface area contributed by atoms with Crippen molar-refractivity contribution >= 4 is 17.1 Å². The average molecular weight is 312 g/mol. The summed E-state index contributed by atoms with van der Waals surface area (Å²) in [6, 6.07) is -0.657. The van der Waals surface area contributed by atoms with Gasteiger partial charge in [0.1, 0.15) is 11.6 Å². The van der Waals surface area contributed by atoms with Crippen LogP contribution in [-0.4, -0.2) is 33.1 Å². The molecule has 2 aromatic rings. The van der Waals surface area contributed by atoms with E-state index in [1.165, 1.54) is 45.4 Å². The number of alkyl halides is 3. The maximum absolute atomic E-state index is 13.2. The highest BCUT2D eigenvalue weighted by molar-refractivity contribution is 6.03. The molecule has 1 atom stereocenters. The van der Waals surface area contributed by atoms with E-state index in [1.807, 2.05) is 5.32 Å². The Hall–Kier alpha value is -2.25. The van der Waals surface area contributed by atoms with E-state index in [-0.39, 0.29) is 16.7 Å². The zero-order valence-electron chi connectivity index (χ0n) is 12.3. The fourth-order valence-corrected chi connectivity index (χ4v) is 2.06. The van der Waals surface area contributed by atoms with E-state index >= 15 is 0 Å². The van der Waals surface area contributed by atoms with Gasteiger partial charge in [0.05, 0.1) is 5.56 Å². The first-order chi connectivity index (χ1) is 10.1. The number of nitrogens with zero attached hydrogens (tertiary/aromatic N) is 3. The number of amides is 1. The van der Waals surface area contributed by atoms with Gasteiger partial charge in [0.2, 0.25) is 0 Å². The molecule has 0 saturated carbocycles. The number of halogens is 3. The number of pyridine rings is 1. The Kier molecular flexibility index (Phi) is 4.04. The molecule has 0 aromatic carbocycles. The zero-order valence-corrected chi connectivity index (χ0v) is 12.3. The van der Waals surface area contributed by atoms with Gasteiger partial charge in [-0.15, -0.1) is 0 Å². The Morgan fingerprint density at radius 2 is 1.68 bits per heavy atom. The number of nitrogens with one attached hydrogen (secondary N) is 1. The molecule has 5 nitrogen and oxygen atoms in total. The molecule has 2 aromatic heterocycles.